The average Bonchev–Trinajstić information content (AvgIpc) is 3.33. The number of carbonyl (C=O) groups is 2. The third-order valence-corrected chi connectivity index (χ3v) is 4.52. The van der Waals surface area contributed by atoms with E-state index in [-0.39, 0.29) is 36.5 Å². The second-order valence-electron chi connectivity index (χ2n) is 7.75. The zero-order valence-corrected chi connectivity index (χ0v) is 15.8. The Morgan fingerprint density at radius 1 is 1.22 bits per heavy atom. The number of nitrogens with zero attached hydrogens (tertiary/aromatic N) is 4. The number of amides is 3. The summed E-state index contributed by atoms with van der Waals surface area (Å²) in [4.78, 5) is 36.5. The minimum Gasteiger partial charge on any atom is -0.451 e. The second-order valence-corrected chi connectivity index (χ2v) is 7.75. The maximum absolute atomic E-state index is 12.7. The molecule has 0 aromatic carbocycles. The second kappa shape index (κ2) is 7.81. The van der Waals surface area contributed by atoms with E-state index in [1.54, 1.807) is 4.90 Å². The van der Waals surface area contributed by atoms with Gasteiger partial charge in [-0.3, -0.25) is 4.79 Å². The average molecular weight is 375 g/mol. The van der Waals surface area contributed by atoms with Crippen LogP contribution < -0.4 is 5.32 Å². The van der Waals surface area contributed by atoms with E-state index < -0.39 is 0 Å². The molecule has 0 unspecified atom stereocenters. The monoisotopic (exact) mass is 375 g/mol. The van der Waals surface area contributed by atoms with Crippen LogP contribution in [0.1, 0.15) is 38.6 Å². The zero-order chi connectivity index (χ0) is 19.4. The number of urea groups is 1. The van der Waals surface area contributed by atoms with Crippen molar-refractivity contribution >= 4 is 11.9 Å². The summed E-state index contributed by atoms with van der Waals surface area (Å²) < 4.78 is 9.96. The van der Waals surface area contributed by atoms with Crippen molar-refractivity contribution in [1.29, 1.82) is 0 Å². The molecular weight excluding hydrogens is 350 g/mol. The van der Waals surface area contributed by atoms with Crippen LogP contribution in [0.2, 0.25) is 0 Å². The Bertz CT molecular complexity index is 715. The van der Waals surface area contributed by atoms with Crippen LogP contribution in [0.5, 0.6) is 0 Å². The number of likely N-dealkylation sites (tertiary alicyclic amines) is 1. The summed E-state index contributed by atoms with van der Waals surface area (Å²) in [5.41, 5.74) is 1.08. The lowest BCUT2D eigenvalue weighted by Gasteiger charge is -2.32. The third-order valence-electron chi connectivity index (χ3n) is 4.52. The highest BCUT2D eigenvalue weighted by atomic mass is 16.3. The summed E-state index contributed by atoms with van der Waals surface area (Å²) in [6.07, 6.45) is 6.10. The maximum atomic E-state index is 12.7. The van der Waals surface area contributed by atoms with Gasteiger partial charge >= 0.3 is 6.03 Å². The molecular formula is C18H25N5O4. The number of hydrogen-bond donors (Lipinski definition) is 1. The largest absolute Gasteiger partial charge is 0.451 e. The minimum atomic E-state index is -0.248. The van der Waals surface area contributed by atoms with Gasteiger partial charge in [0.25, 0.3) is 0 Å². The highest BCUT2D eigenvalue weighted by Crippen LogP contribution is 2.25. The minimum absolute atomic E-state index is 0.0987. The van der Waals surface area contributed by atoms with E-state index in [1.807, 2.05) is 25.7 Å². The standard InChI is InChI=1S/C18H25N5O4/c1-18(2,3)23-6-13(4-16(23)24)5-19-17(25)22(7-14-9-26-11-20-14)8-15-10-27-12-21-15/h9-13H,4-8H2,1-3H3,(H,19,25)/t13-/m0/s1. The van der Waals surface area contributed by atoms with Gasteiger partial charge in [-0.2, -0.15) is 0 Å². The molecule has 27 heavy (non-hydrogen) atoms. The van der Waals surface area contributed by atoms with Crippen molar-refractivity contribution < 1.29 is 18.4 Å². The molecule has 3 heterocycles. The predicted octanol–water partition coefficient (Wildman–Crippen LogP) is 2.02. The number of rotatable bonds is 6. The number of oxazole rings is 2. The van der Waals surface area contributed by atoms with E-state index >= 15 is 0 Å². The molecule has 2 aromatic heterocycles. The van der Waals surface area contributed by atoms with Crippen LogP contribution in [0, 0.1) is 5.92 Å². The molecule has 2 aromatic rings. The molecule has 146 valence electrons. The fourth-order valence-corrected chi connectivity index (χ4v) is 3.13. The van der Waals surface area contributed by atoms with Crippen molar-refractivity contribution in [2.75, 3.05) is 13.1 Å². The quantitative estimate of drug-likeness (QED) is 0.828. The highest BCUT2D eigenvalue weighted by Gasteiger charge is 2.36. The van der Waals surface area contributed by atoms with E-state index in [4.69, 9.17) is 8.83 Å². The summed E-state index contributed by atoms with van der Waals surface area (Å²) in [7, 11) is 0. The molecule has 1 fully saturated rings. The maximum Gasteiger partial charge on any atom is 0.318 e. The summed E-state index contributed by atoms with van der Waals surface area (Å²) in [5, 5.41) is 2.93. The lowest BCUT2D eigenvalue weighted by atomic mass is 10.1. The molecule has 1 aliphatic heterocycles. The lowest BCUT2D eigenvalue weighted by molar-refractivity contribution is -0.131. The highest BCUT2D eigenvalue weighted by molar-refractivity contribution is 5.79. The number of aromatic nitrogens is 2. The third kappa shape index (κ3) is 4.87. The van der Waals surface area contributed by atoms with E-state index in [1.165, 1.54) is 25.3 Å². The molecule has 9 heteroatoms. The number of carbonyl (C=O) groups excluding carboxylic acids is 2. The van der Waals surface area contributed by atoms with E-state index in [9.17, 15) is 9.59 Å². The predicted molar refractivity (Wildman–Crippen MR) is 95.2 cm³/mol. The zero-order valence-electron chi connectivity index (χ0n) is 15.8. The molecule has 0 saturated carbocycles. The van der Waals surface area contributed by atoms with E-state index in [0.717, 1.165) is 0 Å². The van der Waals surface area contributed by atoms with Crippen molar-refractivity contribution in [3.05, 3.63) is 36.7 Å². The summed E-state index contributed by atoms with van der Waals surface area (Å²) >= 11 is 0. The molecule has 0 aliphatic carbocycles. The van der Waals surface area contributed by atoms with E-state index in [2.05, 4.69) is 15.3 Å². The van der Waals surface area contributed by atoms with Crippen molar-refractivity contribution in [3.8, 4) is 0 Å². The van der Waals surface area contributed by atoms with Crippen molar-refractivity contribution in [2.45, 2.75) is 45.8 Å². The molecule has 1 atom stereocenters. The van der Waals surface area contributed by atoms with Crippen LogP contribution in [0.15, 0.2) is 34.1 Å². The fourth-order valence-electron chi connectivity index (χ4n) is 3.13. The topological polar surface area (TPSA) is 105 Å². The molecule has 1 aliphatic rings. The molecule has 3 amide bonds. The first-order valence-corrected chi connectivity index (χ1v) is 8.90. The van der Waals surface area contributed by atoms with Gasteiger partial charge in [0.15, 0.2) is 12.8 Å². The van der Waals surface area contributed by atoms with Gasteiger partial charge < -0.3 is 24.0 Å². The number of nitrogens with one attached hydrogen (secondary N) is 1. The Morgan fingerprint density at radius 2 is 1.81 bits per heavy atom. The molecule has 0 radical (unpaired) electrons. The van der Waals surface area contributed by atoms with Crippen LogP contribution in [0.4, 0.5) is 4.79 Å². The van der Waals surface area contributed by atoms with Crippen LogP contribution in [0.3, 0.4) is 0 Å². The van der Waals surface area contributed by atoms with Gasteiger partial charge in [-0.25, -0.2) is 14.8 Å². The van der Waals surface area contributed by atoms with Gasteiger partial charge in [-0.1, -0.05) is 0 Å². The van der Waals surface area contributed by atoms with Gasteiger partial charge in [0, 0.05) is 31.0 Å². The molecule has 3 rings (SSSR count). The Labute approximate surface area is 157 Å². The Balaban J connectivity index is 1.58. The van der Waals surface area contributed by atoms with Crippen molar-refractivity contribution in [2.24, 2.45) is 5.92 Å². The Morgan fingerprint density at radius 3 is 2.26 bits per heavy atom. The van der Waals surface area contributed by atoms with E-state index in [0.29, 0.717) is 30.9 Å². The van der Waals surface area contributed by atoms with Gasteiger partial charge in [0.2, 0.25) is 5.91 Å². The molecule has 0 spiro atoms. The first-order valence-electron chi connectivity index (χ1n) is 8.90. The van der Waals surface area contributed by atoms with Gasteiger partial charge in [0.1, 0.15) is 12.5 Å². The molecule has 1 saturated heterocycles. The Kier molecular flexibility index (Phi) is 5.48. The van der Waals surface area contributed by atoms with Gasteiger partial charge in [0.05, 0.1) is 24.5 Å². The van der Waals surface area contributed by atoms with Crippen LogP contribution in [0.25, 0.3) is 0 Å². The first-order chi connectivity index (χ1) is 12.8. The van der Waals surface area contributed by atoms with Crippen LogP contribution >= 0.6 is 0 Å². The molecule has 0 bridgehead atoms. The molecule has 9 nitrogen and oxygen atoms in total. The lowest BCUT2D eigenvalue weighted by Crippen LogP contribution is -2.44. The van der Waals surface area contributed by atoms with Crippen molar-refractivity contribution in [1.82, 2.24) is 25.1 Å². The van der Waals surface area contributed by atoms with Gasteiger partial charge in [-0.05, 0) is 20.8 Å². The smallest absolute Gasteiger partial charge is 0.318 e. The first kappa shape index (κ1) is 18.9. The van der Waals surface area contributed by atoms with Crippen LogP contribution in [-0.4, -0.2) is 50.3 Å². The van der Waals surface area contributed by atoms with Crippen LogP contribution in [-0.2, 0) is 17.9 Å². The SMILES string of the molecule is CC(C)(C)N1C[C@H](CNC(=O)N(Cc2cocn2)Cc2cocn2)CC1=O. The summed E-state index contributed by atoms with van der Waals surface area (Å²) in [5.74, 6) is 0.227. The normalized spacial score (nSPS) is 17.4. The van der Waals surface area contributed by atoms with Crippen molar-refractivity contribution in [3.63, 3.8) is 0 Å². The fraction of sp³-hybridized carbons (Fsp3) is 0.556. The number of hydrogen-bond acceptors (Lipinski definition) is 6. The summed E-state index contributed by atoms with van der Waals surface area (Å²) in [6, 6.07) is -0.248. The van der Waals surface area contributed by atoms with Gasteiger partial charge in [-0.15, -0.1) is 0 Å². The summed E-state index contributed by atoms with van der Waals surface area (Å²) in [6.45, 7) is 7.70. The molecule has 1 N–H and O–H groups in total. The Hall–Kier alpha value is -2.84.